The Hall–Kier alpha value is -1.97. The second kappa shape index (κ2) is 6.65. The number of hydrogen-bond acceptors (Lipinski definition) is 4. The molecule has 3 rings (SSSR count). The van der Waals surface area contributed by atoms with Gasteiger partial charge in [0.15, 0.2) is 17.3 Å². The second-order valence-electron chi connectivity index (χ2n) is 6.27. The van der Waals surface area contributed by atoms with E-state index in [1.807, 2.05) is 19.1 Å². The van der Waals surface area contributed by atoms with Gasteiger partial charge in [0.2, 0.25) is 6.79 Å². The fourth-order valence-electron chi connectivity index (χ4n) is 3.49. The minimum atomic E-state index is 0.0857. The standard InChI is InChI=1S/C19H24O4/c1-4-5-6-7-8-14-15-9-17-18(22-11-21-17)10-16(15)23-13(3)19(14)12(2)20/h9-10,14H,4-8,11H2,1-3H3/t14-/m0/s1. The Morgan fingerprint density at radius 1 is 1.13 bits per heavy atom. The highest BCUT2D eigenvalue weighted by molar-refractivity contribution is 5.96. The van der Waals surface area contributed by atoms with Gasteiger partial charge in [-0.25, -0.2) is 0 Å². The van der Waals surface area contributed by atoms with E-state index in [9.17, 15) is 4.79 Å². The van der Waals surface area contributed by atoms with Crippen molar-refractivity contribution in [2.75, 3.05) is 6.79 Å². The molecular formula is C19H24O4. The van der Waals surface area contributed by atoms with Crippen molar-refractivity contribution in [3.8, 4) is 17.2 Å². The SMILES string of the molecule is CCCCCC[C@@H]1C(C(C)=O)=C(C)Oc2cc3c(cc21)OCO3. The summed E-state index contributed by atoms with van der Waals surface area (Å²) in [5.74, 6) is 3.14. The number of allylic oxidation sites excluding steroid dienone is 2. The molecule has 0 unspecified atom stereocenters. The van der Waals surface area contributed by atoms with E-state index in [1.54, 1.807) is 6.92 Å². The van der Waals surface area contributed by atoms with Gasteiger partial charge in [0.1, 0.15) is 11.5 Å². The minimum Gasteiger partial charge on any atom is -0.461 e. The zero-order chi connectivity index (χ0) is 16.4. The topological polar surface area (TPSA) is 44.8 Å². The average Bonchev–Trinajstić information content (AvgIpc) is 2.96. The summed E-state index contributed by atoms with van der Waals surface area (Å²) >= 11 is 0. The number of ketones is 1. The molecule has 4 heteroatoms. The molecule has 0 radical (unpaired) electrons. The van der Waals surface area contributed by atoms with E-state index in [0.29, 0.717) is 11.5 Å². The first-order valence-corrected chi connectivity index (χ1v) is 8.45. The molecule has 1 aromatic carbocycles. The maximum atomic E-state index is 12.2. The molecule has 0 N–H and O–H groups in total. The van der Waals surface area contributed by atoms with Crippen molar-refractivity contribution in [1.29, 1.82) is 0 Å². The van der Waals surface area contributed by atoms with Gasteiger partial charge in [0, 0.05) is 23.1 Å². The molecule has 0 saturated heterocycles. The summed E-state index contributed by atoms with van der Waals surface area (Å²) in [6.45, 7) is 5.95. The van der Waals surface area contributed by atoms with Crippen LogP contribution in [0.1, 0.15) is 64.4 Å². The molecule has 124 valence electrons. The average molecular weight is 316 g/mol. The highest BCUT2D eigenvalue weighted by atomic mass is 16.7. The van der Waals surface area contributed by atoms with Crippen molar-refractivity contribution in [1.82, 2.24) is 0 Å². The monoisotopic (exact) mass is 316 g/mol. The summed E-state index contributed by atoms with van der Waals surface area (Å²) in [6.07, 6.45) is 5.70. The van der Waals surface area contributed by atoms with Crippen LogP contribution in [0.15, 0.2) is 23.5 Å². The minimum absolute atomic E-state index is 0.0857. The van der Waals surface area contributed by atoms with Crippen LogP contribution in [0.5, 0.6) is 17.2 Å². The molecule has 1 atom stereocenters. The molecule has 0 aliphatic carbocycles. The summed E-state index contributed by atoms with van der Waals surface area (Å²) in [5.41, 5.74) is 1.84. The Kier molecular flexibility index (Phi) is 4.60. The van der Waals surface area contributed by atoms with Crippen molar-refractivity contribution in [3.63, 3.8) is 0 Å². The number of ether oxygens (including phenoxy) is 3. The van der Waals surface area contributed by atoms with Crippen molar-refractivity contribution >= 4 is 5.78 Å². The van der Waals surface area contributed by atoms with E-state index in [0.717, 1.165) is 35.5 Å². The van der Waals surface area contributed by atoms with E-state index >= 15 is 0 Å². The number of rotatable bonds is 6. The predicted molar refractivity (Wildman–Crippen MR) is 88.1 cm³/mol. The molecular weight excluding hydrogens is 292 g/mol. The zero-order valence-electron chi connectivity index (χ0n) is 14.1. The van der Waals surface area contributed by atoms with Gasteiger partial charge in [-0.1, -0.05) is 32.6 Å². The highest BCUT2D eigenvalue weighted by Gasteiger charge is 2.32. The van der Waals surface area contributed by atoms with Crippen molar-refractivity contribution in [3.05, 3.63) is 29.0 Å². The number of hydrogen-bond donors (Lipinski definition) is 0. The highest BCUT2D eigenvalue weighted by Crippen LogP contribution is 2.48. The summed E-state index contributed by atoms with van der Waals surface area (Å²) in [4.78, 5) is 12.2. The molecule has 0 amide bonds. The zero-order valence-corrected chi connectivity index (χ0v) is 14.1. The molecule has 2 aliphatic heterocycles. The third-order valence-electron chi connectivity index (χ3n) is 4.60. The number of Topliss-reactive ketones (excluding diaryl/α,β-unsaturated/α-hetero) is 1. The van der Waals surface area contributed by atoms with Gasteiger partial charge < -0.3 is 14.2 Å². The van der Waals surface area contributed by atoms with Gasteiger partial charge in [-0.2, -0.15) is 0 Å². The van der Waals surface area contributed by atoms with Crippen LogP contribution in [0.3, 0.4) is 0 Å². The van der Waals surface area contributed by atoms with Crippen LogP contribution < -0.4 is 14.2 Å². The van der Waals surface area contributed by atoms with Crippen LogP contribution >= 0.6 is 0 Å². The van der Waals surface area contributed by atoms with E-state index in [1.165, 1.54) is 19.3 Å². The van der Waals surface area contributed by atoms with E-state index in [4.69, 9.17) is 14.2 Å². The molecule has 0 aromatic heterocycles. The largest absolute Gasteiger partial charge is 0.461 e. The molecule has 1 aromatic rings. The van der Waals surface area contributed by atoms with Gasteiger partial charge >= 0.3 is 0 Å². The Bertz CT molecular complexity index is 645. The molecule has 0 fully saturated rings. The van der Waals surface area contributed by atoms with E-state index in [2.05, 4.69) is 6.92 Å². The Morgan fingerprint density at radius 2 is 1.87 bits per heavy atom. The molecule has 0 bridgehead atoms. The van der Waals surface area contributed by atoms with E-state index in [-0.39, 0.29) is 18.5 Å². The fraction of sp³-hybridized carbons (Fsp3) is 0.526. The molecule has 2 heterocycles. The third kappa shape index (κ3) is 3.07. The summed E-state index contributed by atoms with van der Waals surface area (Å²) in [7, 11) is 0. The van der Waals surface area contributed by atoms with Crippen LogP contribution in [0, 0.1) is 0 Å². The first-order valence-electron chi connectivity index (χ1n) is 8.45. The predicted octanol–water partition coefficient (Wildman–Crippen LogP) is 4.72. The molecule has 2 aliphatic rings. The first-order chi connectivity index (χ1) is 11.1. The third-order valence-corrected chi connectivity index (χ3v) is 4.60. The van der Waals surface area contributed by atoms with Gasteiger partial charge in [0.05, 0.1) is 0 Å². The smallest absolute Gasteiger partial charge is 0.231 e. The van der Waals surface area contributed by atoms with Crippen LogP contribution in [0.25, 0.3) is 0 Å². The fourth-order valence-corrected chi connectivity index (χ4v) is 3.49. The summed E-state index contributed by atoms with van der Waals surface area (Å²) < 4.78 is 16.8. The number of carbonyl (C=O) groups is 1. The Balaban J connectivity index is 1.93. The molecule has 0 saturated carbocycles. The lowest BCUT2D eigenvalue weighted by molar-refractivity contribution is -0.114. The first kappa shape index (κ1) is 15.9. The van der Waals surface area contributed by atoms with Gasteiger partial charge in [-0.15, -0.1) is 0 Å². The van der Waals surface area contributed by atoms with Crippen LogP contribution in [0.4, 0.5) is 0 Å². The number of carbonyl (C=O) groups excluding carboxylic acids is 1. The Morgan fingerprint density at radius 3 is 2.57 bits per heavy atom. The lowest BCUT2D eigenvalue weighted by atomic mass is 9.82. The van der Waals surface area contributed by atoms with Crippen molar-refractivity contribution in [2.24, 2.45) is 0 Å². The van der Waals surface area contributed by atoms with Crippen LogP contribution in [-0.2, 0) is 4.79 Å². The lowest BCUT2D eigenvalue weighted by Gasteiger charge is -2.29. The molecule has 23 heavy (non-hydrogen) atoms. The number of fused-ring (bicyclic) bond motifs is 2. The lowest BCUT2D eigenvalue weighted by Crippen LogP contribution is -2.19. The van der Waals surface area contributed by atoms with Crippen molar-refractivity contribution < 1.29 is 19.0 Å². The number of unbranched alkanes of at least 4 members (excludes halogenated alkanes) is 3. The van der Waals surface area contributed by atoms with E-state index < -0.39 is 0 Å². The molecule has 4 nitrogen and oxygen atoms in total. The Labute approximate surface area is 137 Å². The summed E-state index contributed by atoms with van der Waals surface area (Å²) in [5, 5.41) is 0. The van der Waals surface area contributed by atoms with Crippen LogP contribution in [0.2, 0.25) is 0 Å². The number of benzene rings is 1. The molecule has 0 spiro atoms. The van der Waals surface area contributed by atoms with Crippen molar-refractivity contribution in [2.45, 2.75) is 58.8 Å². The van der Waals surface area contributed by atoms with Gasteiger partial charge in [-0.3, -0.25) is 4.79 Å². The van der Waals surface area contributed by atoms with Gasteiger partial charge in [-0.05, 0) is 26.3 Å². The second-order valence-corrected chi connectivity index (χ2v) is 6.27. The van der Waals surface area contributed by atoms with Gasteiger partial charge in [0.25, 0.3) is 0 Å². The van der Waals surface area contributed by atoms with Crippen LogP contribution in [-0.4, -0.2) is 12.6 Å². The maximum Gasteiger partial charge on any atom is 0.231 e. The maximum absolute atomic E-state index is 12.2. The normalized spacial score (nSPS) is 18.7. The summed E-state index contributed by atoms with van der Waals surface area (Å²) in [6, 6.07) is 3.87. The quantitative estimate of drug-likeness (QED) is 0.712.